The largest absolute Gasteiger partial charge is 0.497 e. The maximum Gasteiger partial charge on any atom is 0.309 e. The number of fused-ring (bicyclic) bond motifs is 1. The Morgan fingerprint density at radius 2 is 1.53 bits per heavy atom. The van der Waals surface area contributed by atoms with Gasteiger partial charge in [0.15, 0.2) is 23.0 Å². The minimum atomic E-state index is -0.860. The third-order valence-electron chi connectivity index (χ3n) is 7.28. The molecule has 1 N–H and O–H groups in total. The van der Waals surface area contributed by atoms with Crippen LogP contribution in [0.4, 0.5) is 0 Å². The average molecular weight is 522 g/mol. The maximum atomic E-state index is 12.8. The van der Waals surface area contributed by atoms with E-state index >= 15 is 0 Å². The first kappa shape index (κ1) is 25.5. The second-order valence-corrected chi connectivity index (χ2v) is 9.26. The molecule has 38 heavy (non-hydrogen) atoms. The second kappa shape index (κ2) is 10.7. The topological polar surface area (TPSA) is 95.9 Å². The molecule has 3 atom stereocenters. The molecule has 9 heteroatoms. The zero-order valence-electron chi connectivity index (χ0n) is 21.8. The van der Waals surface area contributed by atoms with Crippen LogP contribution in [-0.4, -0.2) is 57.8 Å². The lowest BCUT2D eigenvalue weighted by atomic mass is 9.82. The van der Waals surface area contributed by atoms with Crippen LogP contribution in [0.1, 0.15) is 28.7 Å². The van der Waals surface area contributed by atoms with E-state index in [2.05, 4.69) is 4.90 Å². The number of ether oxygens (including phenoxy) is 6. The van der Waals surface area contributed by atoms with Crippen LogP contribution in [0.3, 0.4) is 0 Å². The van der Waals surface area contributed by atoms with Crippen LogP contribution in [0.5, 0.6) is 34.5 Å². The van der Waals surface area contributed by atoms with Crippen LogP contribution < -0.4 is 28.4 Å². The van der Waals surface area contributed by atoms with Crippen molar-refractivity contribution in [1.82, 2.24) is 4.90 Å². The molecule has 2 heterocycles. The monoisotopic (exact) mass is 521 g/mol. The zero-order valence-corrected chi connectivity index (χ0v) is 21.8. The van der Waals surface area contributed by atoms with Crippen LogP contribution in [0.25, 0.3) is 0 Å². The Kier molecular flexibility index (Phi) is 7.20. The Bertz CT molecular complexity index is 1280. The summed E-state index contributed by atoms with van der Waals surface area (Å²) in [6, 6.07) is 16.7. The molecule has 0 amide bonds. The van der Waals surface area contributed by atoms with Crippen molar-refractivity contribution in [3.63, 3.8) is 0 Å². The van der Waals surface area contributed by atoms with Gasteiger partial charge in [0.2, 0.25) is 12.5 Å². The Morgan fingerprint density at radius 3 is 2.13 bits per heavy atom. The quantitative estimate of drug-likeness (QED) is 0.437. The number of likely N-dealkylation sites (tertiary alicyclic amines) is 1. The molecule has 0 aromatic heterocycles. The smallest absolute Gasteiger partial charge is 0.309 e. The fourth-order valence-corrected chi connectivity index (χ4v) is 5.53. The Balaban J connectivity index is 1.57. The number of carbonyl (C=O) groups is 1. The normalized spacial score (nSPS) is 20.3. The molecule has 0 aliphatic carbocycles. The number of benzene rings is 3. The third kappa shape index (κ3) is 4.65. The molecule has 2 aliphatic heterocycles. The minimum Gasteiger partial charge on any atom is -0.497 e. The van der Waals surface area contributed by atoms with Crippen molar-refractivity contribution in [3.05, 3.63) is 71.3 Å². The van der Waals surface area contributed by atoms with Gasteiger partial charge >= 0.3 is 5.97 Å². The van der Waals surface area contributed by atoms with Gasteiger partial charge in [-0.3, -0.25) is 9.69 Å². The van der Waals surface area contributed by atoms with E-state index < -0.39 is 17.9 Å². The predicted octanol–water partition coefficient (Wildman–Crippen LogP) is 4.49. The van der Waals surface area contributed by atoms with Gasteiger partial charge in [-0.2, -0.15) is 0 Å². The van der Waals surface area contributed by atoms with Crippen molar-refractivity contribution >= 4 is 5.97 Å². The van der Waals surface area contributed by atoms with Crippen molar-refractivity contribution in [1.29, 1.82) is 0 Å². The first-order valence-corrected chi connectivity index (χ1v) is 12.3. The van der Waals surface area contributed by atoms with Gasteiger partial charge in [0.05, 0.1) is 34.4 Å². The van der Waals surface area contributed by atoms with E-state index in [9.17, 15) is 9.90 Å². The number of carboxylic acids is 1. The minimum absolute atomic E-state index is 0.160. The standard InChI is InChI=1S/C29H31NO8/c1-33-20-8-5-18(6-9-20)27-26(29(31)32)21(19-7-10-22-23(13-19)38-16-37-22)15-30(27)14-17-11-24(34-2)28(36-4)25(12-17)35-3/h5-13,21,26-27H,14-16H2,1-4H3,(H,31,32). The van der Waals surface area contributed by atoms with Gasteiger partial charge < -0.3 is 33.5 Å². The fraction of sp³-hybridized carbons (Fsp3) is 0.345. The molecular formula is C29H31NO8. The van der Waals surface area contributed by atoms with Crippen molar-refractivity contribution in [2.45, 2.75) is 18.5 Å². The molecule has 0 saturated carbocycles. The zero-order chi connectivity index (χ0) is 26.8. The van der Waals surface area contributed by atoms with Gasteiger partial charge in [0.25, 0.3) is 0 Å². The summed E-state index contributed by atoms with van der Waals surface area (Å²) in [6.07, 6.45) is 0. The van der Waals surface area contributed by atoms with E-state index in [0.29, 0.717) is 47.6 Å². The summed E-state index contributed by atoms with van der Waals surface area (Å²) >= 11 is 0. The van der Waals surface area contributed by atoms with Gasteiger partial charge in [0, 0.05) is 25.0 Å². The maximum absolute atomic E-state index is 12.8. The number of aliphatic carboxylic acids is 1. The van der Waals surface area contributed by atoms with Crippen molar-refractivity contribution in [3.8, 4) is 34.5 Å². The Morgan fingerprint density at radius 1 is 0.868 bits per heavy atom. The van der Waals surface area contributed by atoms with Gasteiger partial charge in [-0.25, -0.2) is 0 Å². The van der Waals surface area contributed by atoms with Gasteiger partial charge in [0.1, 0.15) is 5.75 Å². The highest BCUT2D eigenvalue weighted by atomic mass is 16.7. The van der Waals surface area contributed by atoms with E-state index in [1.54, 1.807) is 28.4 Å². The van der Waals surface area contributed by atoms with E-state index in [4.69, 9.17) is 28.4 Å². The van der Waals surface area contributed by atoms with E-state index in [0.717, 1.165) is 16.7 Å². The summed E-state index contributed by atoms with van der Waals surface area (Å²) in [5.74, 6) is 1.77. The molecule has 200 valence electrons. The summed E-state index contributed by atoms with van der Waals surface area (Å²) in [5, 5.41) is 10.5. The van der Waals surface area contributed by atoms with Crippen LogP contribution in [0.2, 0.25) is 0 Å². The fourth-order valence-electron chi connectivity index (χ4n) is 5.53. The summed E-state index contributed by atoms with van der Waals surface area (Å²) in [4.78, 5) is 15.0. The second-order valence-electron chi connectivity index (χ2n) is 9.26. The van der Waals surface area contributed by atoms with Crippen LogP contribution in [-0.2, 0) is 11.3 Å². The van der Waals surface area contributed by atoms with Crippen LogP contribution in [0.15, 0.2) is 54.6 Å². The number of hydrogen-bond donors (Lipinski definition) is 1. The number of hydrogen-bond acceptors (Lipinski definition) is 8. The van der Waals surface area contributed by atoms with Crippen molar-refractivity contribution < 1.29 is 38.3 Å². The number of methoxy groups -OCH3 is 4. The summed E-state index contributed by atoms with van der Waals surface area (Å²) in [7, 11) is 6.32. The van der Waals surface area contributed by atoms with Crippen LogP contribution >= 0.6 is 0 Å². The van der Waals surface area contributed by atoms with Crippen molar-refractivity contribution in [2.24, 2.45) is 5.92 Å². The molecule has 5 rings (SSSR count). The van der Waals surface area contributed by atoms with E-state index in [1.165, 1.54) is 0 Å². The Hall–Kier alpha value is -4.11. The third-order valence-corrected chi connectivity index (χ3v) is 7.28. The summed E-state index contributed by atoms with van der Waals surface area (Å²) in [5.41, 5.74) is 2.70. The lowest BCUT2D eigenvalue weighted by molar-refractivity contribution is -0.143. The molecule has 3 aromatic carbocycles. The molecule has 3 aromatic rings. The highest BCUT2D eigenvalue weighted by Crippen LogP contribution is 2.49. The van der Waals surface area contributed by atoms with Crippen LogP contribution in [0, 0.1) is 5.92 Å². The number of rotatable bonds is 9. The molecule has 0 radical (unpaired) electrons. The van der Waals surface area contributed by atoms with E-state index in [-0.39, 0.29) is 12.7 Å². The summed E-state index contributed by atoms with van der Waals surface area (Å²) < 4.78 is 33.0. The molecule has 0 bridgehead atoms. The molecule has 2 aliphatic rings. The van der Waals surface area contributed by atoms with Crippen molar-refractivity contribution in [2.75, 3.05) is 41.8 Å². The SMILES string of the molecule is COc1ccc(C2C(C(=O)O)C(c3ccc4c(c3)OCO4)CN2Cc2cc(OC)c(OC)c(OC)c2)cc1. The highest BCUT2D eigenvalue weighted by molar-refractivity contribution is 5.74. The predicted molar refractivity (Wildman–Crippen MR) is 139 cm³/mol. The lowest BCUT2D eigenvalue weighted by Gasteiger charge is -2.28. The lowest BCUT2D eigenvalue weighted by Crippen LogP contribution is -2.28. The van der Waals surface area contributed by atoms with Gasteiger partial charge in [-0.1, -0.05) is 18.2 Å². The first-order chi connectivity index (χ1) is 18.5. The number of nitrogens with zero attached hydrogens (tertiary/aromatic N) is 1. The molecule has 0 spiro atoms. The highest BCUT2D eigenvalue weighted by Gasteiger charge is 2.47. The Labute approximate surface area is 221 Å². The summed E-state index contributed by atoms with van der Waals surface area (Å²) in [6.45, 7) is 1.15. The average Bonchev–Trinajstić information content (AvgIpc) is 3.56. The molecule has 1 saturated heterocycles. The first-order valence-electron chi connectivity index (χ1n) is 12.3. The number of carboxylic acid groups (broad SMARTS) is 1. The molecule has 3 unspecified atom stereocenters. The van der Waals surface area contributed by atoms with Gasteiger partial charge in [-0.15, -0.1) is 0 Å². The molecular weight excluding hydrogens is 490 g/mol. The van der Waals surface area contributed by atoms with E-state index in [1.807, 2.05) is 54.6 Å². The molecule has 1 fully saturated rings. The van der Waals surface area contributed by atoms with Gasteiger partial charge in [-0.05, 0) is 53.1 Å². The molecule has 9 nitrogen and oxygen atoms in total.